The second kappa shape index (κ2) is 11.6. The standard InChI is InChI=1S/C20H26N4O13/c1-8(25)33-7-12-14(34-9(2)26)15(35-10(3)27)16(36-11(4)28)18(37-12)21-17-13(24(31)32)19(29)23(6)20(30)22(17)5/h12,14-16,18,21H,7H2,1-6H3/t12-,14+,15+,16+,18-/m0/s1. The highest BCUT2D eigenvalue weighted by Gasteiger charge is 2.53. The first kappa shape index (κ1) is 29.0. The van der Waals surface area contributed by atoms with Crippen LogP contribution in [0.2, 0.25) is 0 Å². The SMILES string of the molecule is CC(=O)OC[C@@H]1O[C@H](Nc2c([N+](=O)[O-])c(=O)n(C)c(=O)n2C)[C@H](OC(C)=O)[C@H](OC(C)=O)[C@@H]1OC(C)=O. The van der Waals surface area contributed by atoms with Crippen LogP contribution in [0, 0.1) is 10.1 Å². The molecule has 2 rings (SSSR count). The summed E-state index contributed by atoms with van der Waals surface area (Å²) in [6.45, 7) is 3.60. The lowest BCUT2D eigenvalue weighted by Crippen LogP contribution is -2.64. The Kier molecular flexibility index (Phi) is 9.11. The number of rotatable bonds is 8. The van der Waals surface area contributed by atoms with Crippen molar-refractivity contribution in [2.24, 2.45) is 14.1 Å². The lowest BCUT2D eigenvalue weighted by atomic mass is 9.97. The van der Waals surface area contributed by atoms with Gasteiger partial charge in [-0.25, -0.2) is 4.79 Å². The van der Waals surface area contributed by atoms with Gasteiger partial charge in [-0.05, 0) is 0 Å². The fourth-order valence-corrected chi connectivity index (χ4v) is 3.64. The molecule has 0 aromatic carbocycles. The van der Waals surface area contributed by atoms with Crippen LogP contribution in [-0.2, 0) is 57.0 Å². The zero-order valence-electron chi connectivity index (χ0n) is 20.7. The highest BCUT2D eigenvalue weighted by Crippen LogP contribution is 2.31. The van der Waals surface area contributed by atoms with E-state index in [0.717, 1.165) is 46.4 Å². The smallest absolute Gasteiger partial charge is 0.374 e. The second-order valence-electron chi connectivity index (χ2n) is 7.92. The number of hydrogen-bond acceptors (Lipinski definition) is 14. The number of ether oxygens (including phenoxy) is 5. The van der Waals surface area contributed by atoms with E-state index >= 15 is 0 Å². The third-order valence-corrected chi connectivity index (χ3v) is 5.09. The first-order valence-corrected chi connectivity index (χ1v) is 10.7. The van der Waals surface area contributed by atoms with Gasteiger partial charge < -0.3 is 29.0 Å². The Morgan fingerprint density at radius 3 is 1.89 bits per heavy atom. The average Bonchev–Trinajstić information content (AvgIpc) is 2.77. The van der Waals surface area contributed by atoms with Gasteiger partial charge in [0.2, 0.25) is 0 Å². The maximum Gasteiger partial charge on any atom is 0.374 e. The zero-order chi connectivity index (χ0) is 28.2. The number of nitro groups is 1. The third kappa shape index (κ3) is 6.69. The van der Waals surface area contributed by atoms with Crippen LogP contribution in [0.1, 0.15) is 27.7 Å². The van der Waals surface area contributed by atoms with Crippen molar-refractivity contribution >= 4 is 35.4 Å². The third-order valence-electron chi connectivity index (χ3n) is 5.09. The summed E-state index contributed by atoms with van der Waals surface area (Å²) in [6, 6.07) is 0. The molecule has 17 nitrogen and oxygen atoms in total. The summed E-state index contributed by atoms with van der Waals surface area (Å²) >= 11 is 0. The van der Waals surface area contributed by atoms with Gasteiger partial charge in [0.25, 0.3) is 0 Å². The minimum absolute atomic E-state index is 0.510. The molecule has 0 radical (unpaired) electrons. The van der Waals surface area contributed by atoms with Gasteiger partial charge in [-0.2, -0.15) is 0 Å². The zero-order valence-corrected chi connectivity index (χ0v) is 20.7. The Morgan fingerprint density at radius 2 is 1.41 bits per heavy atom. The van der Waals surface area contributed by atoms with Crippen molar-refractivity contribution in [3.8, 4) is 0 Å². The Labute approximate surface area is 208 Å². The number of hydrogen-bond donors (Lipinski definition) is 1. The van der Waals surface area contributed by atoms with E-state index in [-0.39, 0.29) is 0 Å². The van der Waals surface area contributed by atoms with Crippen LogP contribution in [0.3, 0.4) is 0 Å². The summed E-state index contributed by atoms with van der Waals surface area (Å²) in [5.41, 5.74) is -3.23. The van der Waals surface area contributed by atoms with Crippen molar-refractivity contribution < 1.29 is 47.8 Å². The minimum Gasteiger partial charge on any atom is -0.463 e. The van der Waals surface area contributed by atoms with Gasteiger partial charge >= 0.3 is 40.8 Å². The number of carbonyl (C=O) groups is 4. The van der Waals surface area contributed by atoms with E-state index in [9.17, 15) is 38.9 Å². The van der Waals surface area contributed by atoms with Crippen molar-refractivity contribution in [2.45, 2.75) is 58.3 Å². The summed E-state index contributed by atoms with van der Waals surface area (Å²) < 4.78 is 27.8. The largest absolute Gasteiger partial charge is 0.463 e. The maximum atomic E-state index is 12.5. The summed E-state index contributed by atoms with van der Waals surface area (Å²) in [5.74, 6) is -4.02. The van der Waals surface area contributed by atoms with Crippen molar-refractivity contribution in [3.05, 3.63) is 31.0 Å². The van der Waals surface area contributed by atoms with E-state index in [2.05, 4.69) is 5.32 Å². The van der Waals surface area contributed by atoms with E-state index in [0.29, 0.717) is 4.57 Å². The van der Waals surface area contributed by atoms with E-state index < -0.39 is 88.8 Å². The minimum atomic E-state index is -1.64. The van der Waals surface area contributed by atoms with Crippen LogP contribution in [-0.4, -0.2) is 75.2 Å². The van der Waals surface area contributed by atoms with Crippen LogP contribution in [0.5, 0.6) is 0 Å². The van der Waals surface area contributed by atoms with Crippen molar-refractivity contribution in [2.75, 3.05) is 11.9 Å². The molecule has 0 saturated carbocycles. The molecule has 1 saturated heterocycles. The quantitative estimate of drug-likeness (QED) is 0.175. The molecule has 2 heterocycles. The van der Waals surface area contributed by atoms with Crippen LogP contribution >= 0.6 is 0 Å². The molecular weight excluding hydrogens is 504 g/mol. The first-order chi connectivity index (χ1) is 17.1. The molecule has 0 amide bonds. The lowest BCUT2D eigenvalue weighted by Gasteiger charge is -2.44. The van der Waals surface area contributed by atoms with Gasteiger partial charge in [-0.1, -0.05) is 0 Å². The van der Waals surface area contributed by atoms with E-state index in [1.807, 2.05) is 0 Å². The number of aromatic nitrogens is 2. The Hall–Kier alpha value is -4.28. The molecule has 1 aliphatic rings. The predicted octanol–water partition coefficient (Wildman–Crippen LogP) is -1.51. The molecule has 204 valence electrons. The average molecular weight is 530 g/mol. The number of esters is 4. The molecule has 1 aromatic rings. The van der Waals surface area contributed by atoms with Crippen LogP contribution in [0.25, 0.3) is 0 Å². The first-order valence-electron chi connectivity index (χ1n) is 10.7. The van der Waals surface area contributed by atoms with Crippen molar-refractivity contribution in [1.82, 2.24) is 9.13 Å². The summed E-state index contributed by atoms with van der Waals surface area (Å²) in [4.78, 5) is 82.7. The molecule has 0 aliphatic carbocycles. The van der Waals surface area contributed by atoms with E-state index in [1.165, 1.54) is 0 Å². The fraction of sp³-hybridized carbons (Fsp3) is 0.600. The van der Waals surface area contributed by atoms with E-state index in [4.69, 9.17) is 23.7 Å². The molecule has 1 N–H and O–H groups in total. The van der Waals surface area contributed by atoms with Gasteiger partial charge in [-0.15, -0.1) is 0 Å². The molecule has 17 heteroatoms. The summed E-state index contributed by atoms with van der Waals surface area (Å²) in [5, 5.41) is 14.2. The molecular formula is C20H26N4O13. The Bertz CT molecular complexity index is 1220. The second-order valence-corrected chi connectivity index (χ2v) is 7.92. The Balaban J connectivity index is 2.71. The normalized spacial score (nSPS) is 22.9. The monoisotopic (exact) mass is 530 g/mol. The number of nitrogens with zero attached hydrogens (tertiary/aromatic N) is 3. The molecule has 1 aliphatic heterocycles. The summed E-state index contributed by atoms with van der Waals surface area (Å²) in [6.07, 6.45) is -7.66. The summed E-state index contributed by atoms with van der Waals surface area (Å²) in [7, 11) is 2.16. The Morgan fingerprint density at radius 1 is 0.892 bits per heavy atom. The highest BCUT2D eigenvalue weighted by atomic mass is 16.7. The molecule has 0 unspecified atom stereocenters. The maximum absolute atomic E-state index is 12.5. The van der Waals surface area contributed by atoms with Crippen LogP contribution in [0.4, 0.5) is 11.5 Å². The number of anilines is 1. The topological polar surface area (TPSA) is 214 Å². The molecule has 0 spiro atoms. The van der Waals surface area contributed by atoms with Crippen LogP contribution < -0.4 is 16.6 Å². The number of carbonyl (C=O) groups excluding carboxylic acids is 4. The molecule has 5 atom stereocenters. The van der Waals surface area contributed by atoms with Gasteiger partial charge in [0.15, 0.2) is 30.4 Å². The lowest BCUT2D eigenvalue weighted by molar-refractivity contribution is -0.386. The van der Waals surface area contributed by atoms with Crippen molar-refractivity contribution in [3.63, 3.8) is 0 Å². The fourth-order valence-electron chi connectivity index (χ4n) is 3.64. The predicted molar refractivity (Wildman–Crippen MR) is 119 cm³/mol. The molecule has 1 aromatic heterocycles. The van der Waals surface area contributed by atoms with Gasteiger partial charge in [0.05, 0.1) is 4.92 Å². The van der Waals surface area contributed by atoms with Gasteiger partial charge in [-0.3, -0.25) is 43.2 Å². The highest BCUT2D eigenvalue weighted by molar-refractivity contribution is 5.69. The van der Waals surface area contributed by atoms with Gasteiger partial charge in [0, 0.05) is 41.8 Å². The molecule has 37 heavy (non-hydrogen) atoms. The van der Waals surface area contributed by atoms with Crippen molar-refractivity contribution in [1.29, 1.82) is 0 Å². The van der Waals surface area contributed by atoms with Crippen LogP contribution in [0.15, 0.2) is 9.59 Å². The molecule has 1 fully saturated rings. The number of nitrogens with one attached hydrogen (secondary N) is 1. The van der Waals surface area contributed by atoms with E-state index in [1.54, 1.807) is 0 Å². The van der Waals surface area contributed by atoms with Gasteiger partial charge in [0.1, 0.15) is 12.7 Å². The molecule has 0 bridgehead atoms.